The molecule has 0 saturated carbocycles. The number of alkyl halides is 3. The molecule has 12 heteroatoms. The molecule has 0 radical (unpaired) electrons. The Morgan fingerprint density at radius 1 is 1.17 bits per heavy atom. The molecule has 1 amide bonds. The number of ether oxygens (including phenoxy) is 1. The van der Waals surface area contributed by atoms with Crippen molar-refractivity contribution in [3.63, 3.8) is 0 Å². The molecule has 3 aromatic rings. The van der Waals surface area contributed by atoms with Crippen molar-refractivity contribution >= 4 is 51.7 Å². The average Bonchev–Trinajstić information content (AvgIpc) is 3.02. The second-order valence-corrected chi connectivity index (χ2v) is 7.36. The van der Waals surface area contributed by atoms with Crippen LogP contribution in [0.5, 0.6) is 5.75 Å². The predicted molar refractivity (Wildman–Crippen MR) is 103 cm³/mol. The Bertz CT molecular complexity index is 1100. The second kappa shape index (κ2) is 7.89. The highest BCUT2D eigenvalue weighted by Crippen LogP contribution is 2.34. The maximum absolute atomic E-state index is 12.5. The van der Waals surface area contributed by atoms with Crippen LogP contribution in [0.1, 0.15) is 28.8 Å². The van der Waals surface area contributed by atoms with Crippen molar-refractivity contribution in [3.8, 4) is 5.75 Å². The molecule has 0 bridgehead atoms. The van der Waals surface area contributed by atoms with E-state index in [2.05, 4.69) is 14.9 Å². The van der Waals surface area contributed by atoms with Crippen LogP contribution in [0, 0.1) is 0 Å². The van der Waals surface area contributed by atoms with Crippen LogP contribution in [-0.4, -0.2) is 27.3 Å². The van der Waals surface area contributed by atoms with E-state index in [0.717, 1.165) is 12.1 Å². The van der Waals surface area contributed by atoms with Gasteiger partial charge in [0.1, 0.15) is 16.8 Å². The SMILES string of the molecule is CC(Cn1nc2c(Cl)cc(Cl)c(Cl)c2n1)c1cc(OC(F)(F)F)ccc1C(N)=O. The van der Waals surface area contributed by atoms with Crippen LogP contribution in [0.2, 0.25) is 15.1 Å². The fraction of sp³-hybridized carbons (Fsp3) is 0.235. The van der Waals surface area contributed by atoms with E-state index >= 15 is 0 Å². The molecule has 0 aliphatic carbocycles. The van der Waals surface area contributed by atoms with Crippen molar-refractivity contribution in [2.45, 2.75) is 25.7 Å². The molecule has 1 heterocycles. The lowest BCUT2D eigenvalue weighted by molar-refractivity contribution is -0.274. The standard InChI is InChI=1S/C17H12Cl3F3N4O2/c1-7(6-27-25-14-12(19)5-11(18)13(20)15(14)26-27)10-4-8(29-17(21,22)23)2-3-9(10)16(24)28/h2-5,7H,6H2,1H3,(H2,24,28). The predicted octanol–water partition coefficient (Wildman–Crippen LogP) is 5.19. The van der Waals surface area contributed by atoms with Gasteiger partial charge < -0.3 is 10.5 Å². The van der Waals surface area contributed by atoms with Crippen molar-refractivity contribution in [1.82, 2.24) is 15.0 Å². The number of rotatable bonds is 5. The van der Waals surface area contributed by atoms with Gasteiger partial charge in [0.15, 0.2) is 0 Å². The Kier molecular flexibility index (Phi) is 5.84. The van der Waals surface area contributed by atoms with E-state index in [1.54, 1.807) is 6.92 Å². The molecule has 0 aliphatic rings. The number of nitrogens with two attached hydrogens (primary N) is 1. The summed E-state index contributed by atoms with van der Waals surface area (Å²) in [7, 11) is 0. The first-order valence-corrected chi connectivity index (χ1v) is 9.17. The van der Waals surface area contributed by atoms with Gasteiger partial charge in [0.05, 0.1) is 21.6 Å². The van der Waals surface area contributed by atoms with Crippen molar-refractivity contribution in [2.24, 2.45) is 5.73 Å². The molecule has 3 rings (SSSR count). The number of halogens is 6. The third-order valence-corrected chi connectivity index (χ3v) is 5.11. The number of hydrogen-bond donors (Lipinski definition) is 1. The lowest BCUT2D eigenvalue weighted by Crippen LogP contribution is -2.20. The van der Waals surface area contributed by atoms with E-state index < -0.39 is 23.9 Å². The smallest absolute Gasteiger partial charge is 0.406 e. The fourth-order valence-corrected chi connectivity index (χ4v) is 3.48. The largest absolute Gasteiger partial charge is 0.573 e. The van der Waals surface area contributed by atoms with Crippen molar-refractivity contribution < 1.29 is 22.7 Å². The average molecular weight is 468 g/mol. The van der Waals surface area contributed by atoms with Gasteiger partial charge >= 0.3 is 6.36 Å². The highest BCUT2D eigenvalue weighted by Gasteiger charge is 2.31. The zero-order chi connectivity index (χ0) is 21.5. The van der Waals surface area contributed by atoms with Gasteiger partial charge in [-0.2, -0.15) is 15.0 Å². The summed E-state index contributed by atoms with van der Waals surface area (Å²) in [4.78, 5) is 13.0. The Hall–Kier alpha value is -2.23. The van der Waals surface area contributed by atoms with Crippen LogP contribution < -0.4 is 10.5 Å². The molecule has 2 N–H and O–H groups in total. The minimum absolute atomic E-state index is 0.0582. The number of aromatic nitrogens is 3. The summed E-state index contributed by atoms with van der Waals surface area (Å²) in [5.41, 5.74) is 6.25. The quantitative estimate of drug-likeness (QED) is 0.523. The van der Waals surface area contributed by atoms with E-state index in [0.29, 0.717) is 5.52 Å². The van der Waals surface area contributed by atoms with Gasteiger partial charge in [-0.25, -0.2) is 0 Å². The van der Waals surface area contributed by atoms with E-state index in [-0.39, 0.29) is 38.3 Å². The van der Waals surface area contributed by atoms with E-state index in [1.165, 1.54) is 16.9 Å². The van der Waals surface area contributed by atoms with Crippen molar-refractivity contribution in [1.29, 1.82) is 0 Å². The number of fused-ring (bicyclic) bond motifs is 1. The summed E-state index contributed by atoms with van der Waals surface area (Å²) in [6, 6.07) is 4.74. The minimum atomic E-state index is -4.87. The Labute approximate surface area is 177 Å². The monoisotopic (exact) mass is 466 g/mol. The normalized spacial score (nSPS) is 12.9. The van der Waals surface area contributed by atoms with Crippen molar-refractivity contribution in [2.75, 3.05) is 0 Å². The first kappa shape index (κ1) is 21.5. The molecule has 0 saturated heterocycles. The Morgan fingerprint density at radius 3 is 2.45 bits per heavy atom. The Balaban J connectivity index is 1.97. The topological polar surface area (TPSA) is 83.0 Å². The summed E-state index contributed by atoms with van der Waals surface area (Å²) < 4.78 is 41.5. The lowest BCUT2D eigenvalue weighted by atomic mass is 9.95. The van der Waals surface area contributed by atoms with Gasteiger partial charge in [-0.05, 0) is 29.8 Å². The number of amides is 1. The number of hydrogen-bond acceptors (Lipinski definition) is 4. The van der Waals surface area contributed by atoms with Crippen LogP contribution in [0.15, 0.2) is 24.3 Å². The van der Waals surface area contributed by atoms with E-state index in [4.69, 9.17) is 40.5 Å². The zero-order valence-corrected chi connectivity index (χ0v) is 16.9. The van der Waals surface area contributed by atoms with Gasteiger partial charge in [-0.1, -0.05) is 41.7 Å². The maximum atomic E-state index is 12.5. The highest BCUT2D eigenvalue weighted by molar-refractivity contribution is 6.47. The molecule has 1 atom stereocenters. The molecule has 1 aromatic heterocycles. The third kappa shape index (κ3) is 4.68. The van der Waals surface area contributed by atoms with Crippen molar-refractivity contribution in [3.05, 3.63) is 50.5 Å². The number of primary amides is 1. The van der Waals surface area contributed by atoms with Gasteiger partial charge in [-0.3, -0.25) is 4.79 Å². The molecule has 0 aliphatic heterocycles. The molecular formula is C17H12Cl3F3N4O2. The molecular weight excluding hydrogens is 456 g/mol. The lowest BCUT2D eigenvalue weighted by Gasteiger charge is -2.17. The molecule has 0 spiro atoms. The summed E-state index contributed by atoms with van der Waals surface area (Å²) in [5.74, 6) is -1.77. The fourth-order valence-electron chi connectivity index (χ4n) is 2.81. The number of benzene rings is 2. The second-order valence-electron chi connectivity index (χ2n) is 6.17. The first-order chi connectivity index (χ1) is 13.5. The number of carbonyl (C=O) groups excluding carboxylic acids is 1. The van der Waals surface area contributed by atoms with Gasteiger partial charge in [0.2, 0.25) is 5.91 Å². The van der Waals surface area contributed by atoms with Crippen LogP contribution in [0.25, 0.3) is 11.0 Å². The minimum Gasteiger partial charge on any atom is -0.406 e. The highest BCUT2D eigenvalue weighted by atomic mass is 35.5. The molecule has 6 nitrogen and oxygen atoms in total. The summed E-state index contributed by atoms with van der Waals surface area (Å²) in [6.45, 7) is 1.76. The summed E-state index contributed by atoms with van der Waals surface area (Å²) in [5, 5.41) is 9.09. The molecule has 154 valence electrons. The number of carbonyl (C=O) groups is 1. The number of nitrogens with zero attached hydrogens (tertiary/aromatic N) is 3. The summed E-state index contributed by atoms with van der Waals surface area (Å²) in [6.07, 6.45) is -4.87. The van der Waals surface area contributed by atoms with Crippen LogP contribution >= 0.6 is 34.8 Å². The van der Waals surface area contributed by atoms with Gasteiger partial charge in [0, 0.05) is 11.5 Å². The summed E-state index contributed by atoms with van der Waals surface area (Å²) >= 11 is 18.2. The molecule has 29 heavy (non-hydrogen) atoms. The van der Waals surface area contributed by atoms with E-state index in [1.807, 2.05) is 0 Å². The third-order valence-electron chi connectivity index (χ3n) is 4.04. The molecule has 2 aromatic carbocycles. The molecule has 0 fully saturated rings. The zero-order valence-electron chi connectivity index (χ0n) is 14.6. The van der Waals surface area contributed by atoms with Gasteiger partial charge in [-0.15, -0.1) is 13.2 Å². The Morgan fingerprint density at radius 2 is 1.83 bits per heavy atom. The van der Waals surface area contributed by atoms with Crippen LogP contribution in [-0.2, 0) is 6.54 Å². The van der Waals surface area contributed by atoms with Crippen LogP contribution in [0.3, 0.4) is 0 Å². The molecule has 1 unspecified atom stereocenters. The van der Waals surface area contributed by atoms with Crippen LogP contribution in [0.4, 0.5) is 13.2 Å². The van der Waals surface area contributed by atoms with Gasteiger partial charge in [0.25, 0.3) is 0 Å². The van der Waals surface area contributed by atoms with E-state index in [9.17, 15) is 18.0 Å². The first-order valence-electron chi connectivity index (χ1n) is 8.04. The maximum Gasteiger partial charge on any atom is 0.573 e.